The lowest BCUT2D eigenvalue weighted by Gasteiger charge is -2.65. The van der Waals surface area contributed by atoms with Gasteiger partial charge in [-0.05, 0) is 50.5 Å². The van der Waals surface area contributed by atoms with Gasteiger partial charge < -0.3 is 4.74 Å². The number of rotatable bonds is 2. The van der Waals surface area contributed by atoms with E-state index >= 15 is 0 Å². The molecule has 0 N–H and O–H groups in total. The van der Waals surface area contributed by atoms with Crippen molar-refractivity contribution < 1.29 is 24.1 Å². The molecule has 5 rings (SSSR count). The highest BCUT2D eigenvalue weighted by atomic mass is 17.2. The fraction of sp³-hybridized carbons (Fsp3) is 0.810. The van der Waals surface area contributed by atoms with E-state index in [4.69, 9.17) is 14.5 Å². The summed E-state index contributed by atoms with van der Waals surface area (Å²) in [5.41, 5.74) is -1.44. The number of carbonyl (C=O) groups excluding carboxylic acids is 2. The number of hydrogen-bond donors (Lipinski definition) is 0. The molecule has 2 aliphatic heterocycles. The molecule has 5 atom stereocenters. The molecule has 2 saturated carbocycles. The van der Waals surface area contributed by atoms with E-state index in [0.717, 1.165) is 37.7 Å². The summed E-state index contributed by atoms with van der Waals surface area (Å²) >= 11 is 0. The highest BCUT2D eigenvalue weighted by molar-refractivity contribution is 6.00. The molecular formula is C21H30O5. The van der Waals surface area contributed by atoms with Gasteiger partial charge in [0.2, 0.25) is 0 Å². The van der Waals surface area contributed by atoms with Crippen molar-refractivity contribution in [2.45, 2.75) is 77.4 Å². The number of methoxy groups -OCH3 is 1. The van der Waals surface area contributed by atoms with E-state index in [1.165, 1.54) is 7.11 Å². The van der Waals surface area contributed by atoms with Crippen molar-refractivity contribution in [2.24, 2.45) is 22.7 Å². The molecule has 3 fully saturated rings. The molecule has 2 bridgehead atoms. The van der Waals surface area contributed by atoms with Crippen molar-refractivity contribution in [3.63, 3.8) is 0 Å². The second-order valence-electron chi connectivity index (χ2n) is 9.52. The first-order chi connectivity index (χ1) is 12.2. The average Bonchev–Trinajstić information content (AvgIpc) is 2.64. The second kappa shape index (κ2) is 5.41. The van der Waals surface area contributed by atoms with E-state index in [2.05, 4.69) is 26.8 Å². The van der Waals surface area contributed by atoms with E-state index in [9.17, 15) is 9.59 Å². The molecule has 26 heavy (non-hydrogen) atoms. The van der Waals surface area contributed by atoms with E-state index in [1.807, 2.05) is 6.92 Å². The van der Waals surface area contributed by atoms with Crippen LogP contribution in [-0.2, 0) is 24.1 Å². The van der Waals surface area contributed by atoms with Crippen LogP contribution in [0.1, 0.15) is 66.2 Å². The number of Topliss-reactive ketones (excluding diaryl/α,β-unsaturated/α-hetero) is 1. The highest BCUT2D eigenvalue weighted by Gasteiger charge is 2.71. The van der Waals surface area contributed by atoms with Crippen LogP contribution in [0.5, 0.6) is 0 Å². The summed E-state index contributed by atoms with van der Waals surface area (Å²) in [4.78, 5) is 38.0. The summed E-state index contributed by atoms with van der Waals surface area (Å²) in [6.07, 6.45) is 6.64. The molecule has 5 aliphatic rings. The zero-order chi connectivity index (χ0) is 19.0. The lowest BCUT2D eigenvalue weighted by molar-refractivity contribution is -0.462. The SMILES string of the molecule is COC(=O)C1(C)CCCC2(C)C1CC(=O)C1=CC3(C(C)C)CCC12OO3. The van der Waals surface area contributed by atoms with Crippen LogP contribution in [0.3, 0.4) is 0 Å². The molecule has 0 aromatic heterocycles. The van der Waals surface area contributed by atoms with Crippen LogP contribution >= 0.6 is 0 Å². The van der Waals surface area contributed by atoms with E-state index in [-0.39, 0.29) is 29.0 Å². The van der Waals surface area contributed by atoms with Crippen LogP contribution in [0.4, 0.5) is 0 Å². The number of ether oxygens (including phenoxy) is 1. The summed E-state index contributed by atoms with van der Waals surface area (Å²) in [5.74, 6) is 0.0269. The molecule has 5 unspecified atom stereocenters. The average molecular weight is 362 g/mol. The second-order valence-corrected chi connectivity index (χ2v) is 9.52. The molecular weight excluding hydrogens is 332 g/mol. The minimum atomic E-state index is -0.737. The Morgan fingerprint density at radius 1 is 1.19 bits per heavy atom. The Labute approximate surface area is 155 Å². The summed E-state index contributed by atoms with van der Waals surface area (Å²) in [5, 5.41) is 0. The first-order valence-electron chi connectivity index (χ1n) is 9.87. The number of fused-ring (bicyclic) bond motifs is 3. The molecule has 144 valence electrons. The first kappa shape index (κ1) is 18.2. The van der Waals surface area contributed by atoms with E-state index < -0.39 is 16.6 Å². The quantitative estimate of drug-likeness (QED) is 0.553. The third kappa shape index (κ3) is 1.94. The van der Waals surface area contributed by atoms with Crippen molar-refractivity contribution in [3.05, 3.63) is 11.6 Å². The van der Waals surface area contributed by atoms with Crippen molar-refractivity contribution in [3.8, 4) is 0 Å². The summed E-state index contributed by atoms with van der Waals surface area (Å²) in [7, 11) is 1.44. The Morgan fingerprint density at radius 3 is 2.50 bits per heavy atom. The molecule has 0 aromatic carbocycles. The van der Waals surface area contributed by atoms with Crippen molar-refractivity contribution >= 4 is 11.8 Å². The molecule has 1 spiro atoms. The summed E-state index contributed by atoms with van der Waals surface area (Å²) in [6, 6.07) is 0. The smallest absolute Gasteiger partial charge is 0.311 e. The van der Waals surface area contributed by atoms with Gasteiger partial charge in [-0.25, -0.2) is 9.78 Å². The van der Waals surface area contributed by atoms with Gasteiger partial charge in [-0.15, -0.1) is 0 Å². The summed E-state index contributed by atoms with van der Waals surface area (Å²) < 4.78 is 5.14. The van der Waals surface area contributed by atoms with Crippen LogP contribution in [0.2, 0.25) is 0 Å². The lowest BCUT2D eigenvalue weighted by atomic mass is 9.43. The third-order valence-electron chi connectivity index (χ3n) is 8.20. The zero-order valence-corrected chi connectivity index (χ0v) is 16.5. The predicted molar refractivity (Wildman–Crippen MR) is 95.0 cm³/mol. The van der Waals surface area contributed by atoms with Gasteiger partial charge in [0.25, 0.3) is 0 Å². The molecule has 5 heteroatoms. The molecule has 0 amide bonds. The van der Waals surface area contributed by atoms with Crippen LogP contribution in [-0.4, -0.2) is 30.1 Å². The van der Waals surface area contributed by atoms with Gasteiger partial charge in [-0.2, -0.15) is 0 Å². The maximum Gasteiger partial charge on any atom is 0.311 e. The lowest BCUT2D eigenvalue weighted by Crippen LogP contribution is -2.69. The van der Waals surface area contributed by atoms with Crippen LogP contribution in [0.15, 0.2) is 11.6 Å². The fourth-order valence-electron chi connectivity index (χ4n) is 6.37. The van der Waals surface area contributed by atoms with Crippen LogP contribution in [0.25, 0.3) is 0 Å². The topological polar surface area (TPSA) is 61.8 Å². The number of hydrogen-bond acceptors (Lipinski definition) is 5. The van der Waals surface area contributed by atoms with Crippen molar-refractivity contribution in [2.75, 3.05) is 7.11 Å². The minimum Gasteiger partial charge on any atom is -0.469 e. The van der Waals surface area contributed by atoms with Gasteiger partial charge in [-0.3, -0.25) is 9.59 Å². The van der Waals surface area contributed by atoms with Crippen molar-refractivity contribution in [1.29, 1.82) is 0 Å². The molecule has 5 nitrogen and oxygen atoms in total. The Hall–Kier alpha value is -1.20. The Morgan fingerprint density at radius 2 is 1.92 bits per heavy atom. The Bertz CT molecular complexity index is 685. The van der Waals surface area contributed by atoms with Crippen LogP contribution in [0, 0.1) is 22.7 Å². The van der Waals surface area contributed by atoms with Gasteiger partial charge in [0.05, 0.1) is 12.5 Å². The molecule has 2 heterocycles. The number of esters is 1. The Kier molecular flexibility index (Phi) is 3.79. The van der Waals surface area contributed by atoms with E-state index in [1.54, 1.807) is 0 Å². The maximum absolute atomic E-state index is 13.2. The molecule has 1 saturated heterocycles. The van der Waals surface area contributed by atoms with Gasteiger partial charge in [-0.1, -0.05) is 27.2 Å². The fourth-order valence-corrected chi connectivity index (χ4v) is 6.37. The molecule has 0 aromatic rings. The zero-order valence-electron chi connectivity index (χ0n) is 16.5. The number of ketones is 1. The third-order valence-corrected chi connectivity index (χ3v) is 8.20. The highest BCUT2D eigenvalue weighted by Crippen LogP contribution is 2.68. The maximum atomic E-state index is 13.2. The monoisotopic (exact) mass is 362 g/mol. The summed E-state index contributed by atoms with van der Waals surface area (Å²) in [6.45, 7) is 8.36. The predicted octanol–water partition coefficient (Wildman–Crippen LogP) is 3.76. The van der Waals surface area contributed by atoms with Gasteiger partial charge in [0.1, 0.15) is 11.2 Å². The molecule has 0 radical (unpaired) electrons. The van der Waals surface area contributed by atoms with Crippen molar-refractivity contribution in [1.82, 2.24) is 0 Å². The largest absolute Gasteiger partial charge is 0.469 e. The van der Waals surface area contributed by atoms with Crippen LogP contribution < -0.4 is 0 Å². The minimum absolute atomic E-state index is 0.103. The first-order valence-corrected chi connectivity index (χ1v) is 9.87. The van der Waals surface area contributed by atoms with Gasteiger partial charge in [0, 0.05) is 17.4 Å². The molecule has 3 aliphatic carbocycles. The number of carbonyl (C=O) groups is 2. The van der Waals surface area contributed by atoms with E-state index in [0.29, 0.717) is 6.42 Å². The normalized spacial score (nSPS) is 47.2. The Balaban J connectivity index is 1.85. The standard InChI is InChI=1S/C21H30O5/c1-13(2)20-9-10-21(26-25-20)14(12-20)15(22)11-16-18(3,17(23)24-5)7-6-8-19(16,21)4/h12-13,16H,6-11H2,1-5H3. The van der Waals surface area contributed by atoms with Gasteiger partial charge in [0.15, 0.2) is 5.78 Å². The van der Waals surface area contributed by atoms with Gasteiger partial charge >= 0.3 is 5.97 Å².